The van der Waals surface area contributed by atoms with Gasteiger partial charge in [0.2, 0.25) is 10.0 Å². The molecule has 6 heteroatoms. The molecule has 0 aliphatic carbocycles. The van der Waals surface area contributed by atoms with Crippen molar-refractivity contribution >= 4 is 10.0 Å². The Morgan fingerprint density at radius 2 is 2.33 bits per heavy atom. The van der Waals surface area contributed by atoms with Gasteiger partial charge in [-0.05, 0) is 31.5 Å². The summed E-state index contributed by atoms with van der Waals surface area (Å²) in [6.45, 7) is 3.41. The number of rotatable bonds is 4. The zero-order chi connectivity index (χ0) is 15.3. The summed E-state index contributed by atoms with van der Waals surface area (Å²) < 4.78 is 32.8. The highest BCUT2D eigenvalue weighted by molar-refractivity contribution is 7.89. The normalized spacial score (nSPS) is 19.8. The van der Waals surface area contributed by atoms with Gasteiger partial charge in [-0.1, -0.05) is 17.9 Å². The van der Waals surface area contributed by atoms with Crippen LogP contribution in [0.2, 0.25) is 0 Å². The van der Waals surface area contributed by atoms with Crippen LogP contribution in [0.1, 0.15) is 18.9 Å². The van der Waals surface area contributed by atoms with Gasteiger partial charge < -0.3 is 10.5 Å². The van der Waals surface area contributed by atoms with Crippen LogP contribution in [0.4, 0.5) is 0 Å². The molecule has 0 aromatic heterocycles. The first-order chi connectivity index (χ1) is 10.0. The molecule has 1 aromatic carbocycles. The predicted molar refractivity (Wildman–Crippen MR) is 81.1 cm³/mol. The first kappa shape index (κ1) is 16.0. The van der Waals surface area contributed by atoms with Crippen molar-refractivity contribution in [2.24, 2.45) is 11.7 Å². The molecular weight excluding hydrogens is 288 g/mol. The van der Waals surface area contributed by atoms with Gasteiger partial charge in [-0.15, -0.1) is 0 Å². The van der Waals surface area contributed by atoms with Gasteiger partial charge in [0, 0.05) is 24.1 Å². The standard InChI is InChI=1S/C15H20N2O3S/c1-12(14-7-9-20-11-14)17-21(18,19)15-6-2-4-13(10-15)5-3-8-16/h2,4,6,10,12,14,17H,7-9,11,16H2,1H3. The van der Waals surface area contributed by atoms with E-state index in [1.807, 2.05) is 6.92 Å². The SMILES string of the molecule is CC(NS(=O)(=O)c1cccc(C#CCN)c1)C1CCOC1. The summed E-state index contributed by atoms with van der Waals surface area (Å²) in [5.74, 6) is 5.77. The molecule has 2 rings (SSSR count). The molecule has 0 bridgehead atoms. The van der Waals surface area contributed by atoms with Crippen LogP contribution in [0.3, 0.4) is 0 Å². The fourth-order valence-electron chi connectivity index (χ4n) is 2.25. The molecule has 0 radical (unpaired) electrons. The van der Waals surface area contributed by atoms with Gasteiger partial charge in [0.25, 0.3) is 0 Å². The third kappa shape index (κ3) is 4.29. The molecule has 0 saturated carbocycles. The minimum absolute atomic E-state index is 0.156. The molecule has 3 N–H and O–H groups in total. The fraction of sp³-hybridized carbons (Fsp3) is 0.467. The molecule has 1 aromatic rings. The Morgan fingerprint density at radius 3 is 3.00 bits per heavy atom. The predicted octanol–water partition coefficient (Wildman–Crippen LogP) is 0.700. The second-order valence-electron chi connectivity index (χ2n) is 5.07. The zero-order valence-corrected chi connectivity index (χ0v) is 12.8. The van der Waals surface area contributed by atoms with Crippen LogP contribution in [0.15, 0.2) is 29.2 Å². The van der Waals surface area contributed by atoms with E-state index in [0.29, 0.717) is 18.8 Å². The van der Waals surface area contributed by atoms with Crippen molar-refractivity contribution in [2.45, 2.75) is 24.3 Å². The summed E-state index contributed by atoms with van der Waals surface area (Å²) in [6.07, 6.45) is 0.881. The number of nitrogens with one attached hydrogen (secondary N) is 1. The van der Waals surface area contributed by atoms with E-state index in [4.69, 9.17) is 10.5 Å². The van der Waals surface area contributed by atoms with Gasteiger partial charge in [-0.3, -0.25) is 0 Å². The van der Waals surface area contributed by atoms with E-state index in [9.17, 15) is 8.42 Å². The van der Waals surface area contributed by atoms with Gasteiger partial charge >= 0.3 is 0 Å². The first-order valence-corrected chi connectivity index (χ1v) is 8.40. The largest absolute Gasteiger partial charge is 0.381 e. The first-order valence-electron chi connectivity index (χ1n) is 6.92. The lowest BCUT2D eigenvalue weighted by atomic mass is 10.0. The van der Waals surface area contributed by atoms with Crippen LogP contribution in [-0.4, -0.2) is 34.2 Å². The second-order valence-corrected chi connectivity index (χ2v) is 6.78. The maximum absolute atomic E-state index is 12.4. The van der Waals surface area contributed by atoms with Crippen molar-refractivity contribution in [3.63, 3.8) is 0 Å². The Morgan fingerprint density at radius 1 is 1.52 bits per heavy atom. The summed E-state index contributed by atoms with van der Waals surface area (Å²) in [5.41, 5.74) is 5.96. The highest BCUT2D eigenvalue weighted by Crippen LogP contribution is 2.19. The van der Waals surface area contributed by atoms with E-state index in [1.165, 1.54) is 0 Å². The molecular formula is C15H20N2O3S. The second kappa shape index (κ2) is 7.05. The molecule has 21 heavy (non-hydrogen) atoms. The lowest BCUT2D eigenvalue weighted by Gasteiger charge is -2.19. The maximum atomic E-state index is 12.4. The molecule has 1 fully saturated rings. The highest BCUT2D eigenvalue weighted by atomic mass is 32.2. The Balaban J connectivity index is 2.15. The van der Waals surface area contributed by atoms with Gasteiger partial charge in [-0.25, -0.2) is 13.1 Å². The van der Waals surface area contributed by atoms with Crippen LogP contribution in [-0.2, 0) is 14.8 Å². The Kier molecular flexibility index (Phi) is 5.37. The number of hydrogen-bond acceptors (Lipinski definition) is 4. The number of ether oxygens (including phenoxy) is 1. The number of benzene rings is 1. The van der Waals surface area contributed by atoms with E-state index in [0.717, 1.165) is 6.42 Å². The molecule has 2 atom stereocenters. The topological polar surface area (TPSA) is 81.4 Å². The summed E-state index contributed by atoms with van der Waals surface area (Å²) in [5, 5.41) is 0. The summed E-state index contributed by atoms with van der Waals surface area (Å²) in [7, 11) is -3.55. The lowest BCUT2D eigenvalue weighted by molar-refractivity contribution is 0.180. The number of hydrogen-bond donors (Lipinski definition) is 2. The van der Waals surface area contributed by atoms with Crippen molar-refractivity contribution in [2.75, 3.05) is 19.8 Å². The lowest BCUT2D eigenvalue weighted by Crippen LogP contribution is -2.38. The molecule has 0 spiro atoms. The maximum Gasteiger partial charge on any atom is 0.240 e. The van der Waals surface area contributed by atoms with Crippen molar-refractivity contribution in [3.8, 4) is 11.8 Å². The van der Waals surface area contributed by atoms with Crippen molar-refractivity contribution in [1.82, 2.24) is 4.72 Å². The third-order valence-corrected chi connectivity index (χ3v) is 5.05. The van der Waals surface area contributed by atoms with Gasteiger partial charge in [-0.2, -0.15) is 0 Å². The fourth-order valence-corrected chi connectivity index (χ4v) is 3.61. The van der Waals surface area contributed by atoms with E-state index >= 15 is 0 Å². The van der Waals surface area contributed by atoms with E-state index in [-0.39, 0.29) is 23.4 Å². The average Bonchev–Trinajstić information content (AvgIpc) is 2.99. The molecule has 114 valence electrons. The molecule has 0 amide bonds. The molecule has 1 aliphatic heterocycles. The quantitative estimate of drug-likeness (QED) is 0.802. The third-order valence-electron chi connectivity index (χ3n) is 3.49. The van der Waals surface area contributed by atoms with Crippen molar-refractivity contribution < 1.29 is 13.2 Å². The van der Waals surface area contributed by atoms with E-state index < -0.39 is 10.0 Å². The Bertz CT molecular complexity index is 640. The summed E-state index contributed by atoms with van der Waals surface area (Å²) in [4.78, 5) is 0.220. The summed E-state index contributed by atoms with van der Waals surface area (Å²) in [6, 6.07) is 6.40. The summed E-state index contributed by atoms with van der Waals surface area (Å²) >= 11 is 0. The molecule has 1 saturated heterocycles. The Labute approximate surface area is 125 Å². The van der Waals surface area contributed by atoms with Crippen LogP contribution < -0.4 is 10.5 Å². The van der Waals surface area contributed by atoms with Crippen molar-refractivity contribution in [1.29, 1.82) is 0 Å². The van der Waals surface area contributed by atoms with Gasteiger partial charge in [0.1, 0.15) is 0 Å². The molecule has 2 unspecified atom stereocenters. The van der Waals surface area contributed by atoms with E-state index in [2.05, 4.69) is 16.6 Å². The molecule has 5 nitrogen and oxygen atoms in total. The van der Waals surface area contributed by atoms with Crippen LogP contribution in [0.5, 0.6) is 0 Å². The minimum Gasteiger partial charge on any atom is -0.381 e. The molecule has 1 heterocycles. The minimum atomic E-state index is -3.55. The van der Waals surface area contributed by atoms with Crippen LogP contribution in [0, 0.1) is 17.8 Å². The molecule has 1 aliphatic rings. The average molecular weight is 308 g/mol. The van der Waals surface area contributed by atoms with E-state index in [1.54, 1.807) is 24.3 Å². The number of nitrogens with two attached hydrogens (primary N) is 1. The van der Waals surface area contributed by atoms with Crippen LogP contribution in [0.25, 0.3) is 0 Å². The number of sulfonamides is 1. The Hall–Kier alpha value is -1.39. The smallest absolute Gasteiger partial charge is 0.240 e. The monoisotopic (exact) mass is 308 g/mol. The highest BCUT2D eigenvalue weighted by Gasteiger charge is 2.26. The van der Waals surface area contributed by atoms with Gasteiger partial charge in [0.15, 0.2) is 0 Å². The van der Waals surface area contributed by atoms with Crippen LogP contribution >= 0.6 is 0 Å². The van der Waals surface area contributed by atoms with Crippen molar-refractivity contribution in [3.05, 3.63) is 29.8 Å². The zero-order valence-electron chi connectivity index (χ0n) is 12.0. The van der Waals surface area contributed by atoms with Gasteiger partial charge in [0.05, 0.1) is 18.0 Å².